The molecule has 1 amide bonds. The number of benzene rings is 1. The number of rotatable bonds is 0. The van der Waals surface area contributed by atoms with Gasteiger partial charge in [-0.2, -0.15) is 0 Å². The molecule has 0 radical (unpaired) electrons. The van der Waals surface area contributed by atoms with Crippen molar-refractivity contribution in [3.8, 4) is 0 Å². The van der Waals surface area contributed by atoms with Crippen LogP contribution in [0.1, 0.15) is 41.6 Å². The van der Waals surface area contributed by atoms with Gasteiger partial charge in [0, 0.05) is 5.56 Å². The minimum atomic E-state index is -0.334. The molecule has 0 aromatic heterocycles. The molecule has 3 rings (SSSR count). The van der Waals surface area contributed by atoms with E-state index in [1.807, 2.05) is 0 Å². The third kappa shape index (κ3) is 1.12. The highest BCUT2D eigenvalue weighted by Crippen LogP contribution is 2.43. The van der Waals surface area contributed by atoms with Crippen molar-refractivity contribution >= 4 is 5.91 Å². The third-order valence-electron chi connectivity index (χ3n) is 3.55. The largest absolute Gasteiger partial charge is 0.342 e. The van der Waals surface area contributed by atoms with E-state index in [1.165, 1.54) is 12.1 Å². The fourth-order valence-corrected chi connectivity index (χ4v) is 2.85. The van der Waals surface area contributed by atoms with Gasteiger partial charge in [-0.1, -0.05) is 18.9 Å². The van der Waals surface area contributed by atoms with E-state index in [0.29, 0.717) is 5.56 Å². The Balaban J connectivity index is 2.17. The van der Waals surface area contributed by atoms with Crippen LogP contribution < -0.4 is 5.32 Å². The molecular formula is C12H12FNO. The number of halogens is 1. The van der Waals surface area contributed by atoms with Crippen LogP contribution in [-0.2, 0) is 5.54 Å². The van der Waals surface area contributed by atoms with Crippen molar-refractivity contribution in [2.45, 2.75) is 31.2 Å². The second-order valence-electron chi connectivity index (χ2n) is 4.43. The van der Waals surface area contributed by atoms with E-state index in [9.17, 15) is 9.18 Å². The van der Waals surface area contributed by atoms with E-state index in [2.05, 4.69) is 5.32 Å². The number of nitrogens with one attached hydrogen (secondary N) is 1. The van der Waals surface area contributed by atoms with E-state index in [1.54, 1.807) is 6.07 Å². The Morgan fingerprint density at radius 3 is 2.73 bits per heavy atom. The van der Waals surface area contributed by atoms with Gasteiger partial charge < -0.3 is 5.32 Å². The summed E-state index contributed by atoms with van der Waals surface area (Å²) in [5.74, 6) is -0.453. The molecule has 2 nitrogen and oxygen atoms in total. The number of hydrogen-bond donors (Lipinski definition) is 1. The molecule has 0 unspecified atom stereocenters. The maximum atomic E-state index is 13.0. The van der Waals surface area contributed by atoms with Crippen LogP contribution in [0.4, 0.5) is 4.39 Å². The van der Waals surface area contributed by atoms with E-state index < -0.39 is 0 Å². The molecule has 1 heterocycles. The topological polar surface area (TPSA) is 29.1 Å². The molecule has 1 aromatic rings. The Labute approximate surface area is 87.5 Å². The molecular weight excluding hydrogens is 193 g/mol. The number of hydrogen-bond acceptors (Lipinski definition) is 1. The number of fused-ring (bicyclic) bond motifs is 2. The normalized spacial score (nSPS) is 21.8. The summed E-state index contributed by atoms with van der Waals surface area (Å²) in [5.41, 5.74) is 1.34. The average Bonchev–Trinajstić information content (AvgIpc) is 2.76. The van der Waals surface area contributed by atoms with E-state index in [-0.39, 0.29) is 17.3 Å². The van der Waals surface area contributed by atoms with Gasteiger partial charge in [0.2, 0.25) is 0 Å². The van der Waals surface area contributed by atoms with Crippen molar-refractivity contribution in [2.75, 3.05) is 0 Å². The van der Waals surface area contributed by atoms with Crippen molar-refractivity contribution in [1.29, 1.82) is 0 Å². The quantitative estimate of drug-likeness (QED) is 0.692. The van der Waals surface area contributed by atoms with Crippen LogP contribution in [0.15, 0.2) is 18.2 Å². The van der Waals surface area contributed by atoms with Crippen LogP contribution in [0.2, 0.25) is 0 Å². The summed E-state index contributed by atoms with van der Waals surface area (Å²) in [6.07, 6.45) is 4.24. The molecule has 15 heavy (non-hydrogen) atoms. The Hall–Kier alpha value is -1.38. The molecule has 1 saturated carbocycles. The SMILES string of the molecule is O=C1NC2(CCCC2)c2ccc(F)cc21. The molecule has 1 fully saturated rings. The molecule has 0 atom stereocenters. The summed E-state index contributed by atoms with van der Waals surface area (Å²) in [7, 11) is 0. The van der Waals surface area contributed by atoms with Crippen LogP contribution in [0, 0.1) is 5.82 Å². The first kappa shape index (κ1) is 8.89. The van der Waals surface area contributed by atoms with Crippen LogP contribution in [-0.4, -0.2) is 5.91 Å². The van der Waals surface area contributed by atoms with E-state index >= 15 is 0 Å². The van der Waals surface area contributed by atoms with Gasteiger partial charge in [0.1, 0.15) is 5.82 Å². The zero-order valence-corrected chi connectivity index (χ0v) is 8.35. The second-order valence-corrected chi connectivity index (χ2v) is 4.43. The zero-order valence-electron chi connectivity index (χ0n) is 8.35. The summed E-state index contributed by atoms with van der Waals surface area (Å²) in [6.45, 7) is 0. The molecule has 0 saturated heterocycles. The zero-order chi connectivity index (χ0) is 10.5. The lowest BCUT2D eigenvalue weighted by Crippen LogP contribution is -2.36. The lowest BCUT2D eigenvalue weighted by molar-refractivity contribution is 0.0930. The molecule has 0 bridgehead atoms. The molecule has 2 aliphatic rings. The summed E-state index contributed by atoms with van der Waals surface area (Å²) < 4.78 is 13.0. The van der Waals surface area contributed by atoms with Gasteiger partial charge in [0.15, 0.2) is 0 Å². The van der Waals surface area contributed by atoms with Crippen LogP contribution >= 0.6 is 0 Å². The maximum absolute atomic E-state index is 13.0. The van der Waals surface area contributed by atoms with E-state index in [4.69, 9.17) is 0 Å². The van der Waals surface area contributed by atoms with Gasteiger partial charge in [0.05, 0.1) is 5.54 Å². The third-order valence-corrected chi connectivity index (χ3v) is 3.55. The predicted molar refractivity (Wildman–Crippen MR) is 54.0 cm³/mol. The number of amides is 1. The van der Waals surface area contributed by atoms with Crippen molar-refractivity contribution < 1.29 is 9.18 Å². The summed E-state index contributed by atoms with van der Waals surface area (Å²) in [4.78, 5) is 11.7. The molecule has 1 spiro atoms. The fourth-order valence-electron chi connectivity index (χ4n) is 2.85. The lowest BCUT2D eigenvalue weighted by Gasteiger charge is -2.24. The van der Waals surface area contributed by atoms with Crippen LogP contribution in [0.3, 0.4) is 0 Å². The van der Waals surface area contributed by atoms with E-state index in [0.717, 1.165) is 31.2 Å². The van der Waals surface area contributed by atoms with Crippen molar-refractivity contribution in [1.82, 2.24) is 5.32 Å². The standard InChI is InChI=1S/C12H12FNO/c13-8-3-4-10-9(7-8)11(15)14-12(10)5-1-2-6-12/h3-4,7H,1-2,5-6H2,(H,14,15). The summed E-state index contributed by atoms with van der Waals surface area (Å²) >= 11 is 0. The molecule has 1 aromatic carbocycles. The minimum Gasteiger partial charge on any atom is -0.342 e. The molecule has 1 aliphatic heterocycles. The molecule has 1 N–H and O–H groups in total. The Morgan fingerprint density at radius 2 is 2.00 bits per heavy atom. The predicted octanol–water partition coefficient (Wildman–Crippen LogP) is 2.34. The summed E-state index contributed by atoms with van der Waals surface area (Å²) in [5, 5.41) is 3.02. The van der Waals surface area contributed by atoms with Crippen molar-refractivity contribution in [3.63, 3.8) is 0 Å². The first-order chi connectivity index (χ1) is 7.21. The van der Waals surface area contributed by atoms with Crippen LogP contribution in [0.25, 0.3) is 0 Å². The Kier molecular flexibility index (Phi) is 1.67. The molecule has 3 heteroatoms. The number of carbonyl (C=O) groups is 1. The number of carbonyl (C=O) groups excluding carboxylic acids is 1. The Bertz CT molecular complexity index is 435. The van der Waals surface area contributed by atoms with Gasteiger partial charge in [-0.05, 0) is 30.5 Å². The minimum absolute atomic E-state index is 0.119. The van der Waals surface area contributed by atoms with Gasteiger partial charge in [-0.25, -0.2) is 4.39 Å². The Morgan fingerprint density at radius 1 is 1.27 bits per heavy atom. The van der Waals surface area contributed by atoms with Crippen LogP contribution in [0.5, 0.6) is 0 Å². The first-order valence-corrected chi connectivity index (χ1v) is 5.34. The molecule has 78 valence electrons. The monoisotopic (exact) mass is 205 g/mol. The highest BCUT2D eigenvalue weighted by molar-refractivity contribution is 6.00. The molecule has 1 aliphatic carbocycles. The highest BCUT2D eigenvalue weighted by atomic mass is 19.1. The average molecular weight is 205 g/mol. The van der Waals surface area contributed by atoms with Crippen molar-refractivity contribution in [3.05, 3.63) is 35.1 Å². The van der Waals surface area contributed by atoms with Gasteiger partial charge in [0.25, 0.3) is 5.91 Å². The first-order valence-electron chi connectivity index (χ1n) is 5.34. The summed E-state index contributed by atoms with van der Waals surface area (Å²) in [6, 6.07) is 4.55. The fraction of sp³-hybridized carbons (Fsp3) is 0.417. The van der Waals surface area contributed by atoms with Gasteiger partial charge >= 0.3 is 0 Å². The lowest BCUT2D eigenvalue weighted by atomic mass is 9.89. The highest BCUT2D eigenvalue weighted by Gasteiger charge is 2.44. The maximum Gasteiger partial charge on any atom is 0.252 e. The van der Waals surface area contributed by atoms with Gasteiger partial charge in [-0.15, -0.1) is 0 Å². The van der Waals surface area contributed by atoms with Crippen molar-refractivity contribution in [2.24, 2.45) is 0 Å². The smallest absolute Gasteiger partial charge is 0.252 e. The second kappa shape index (κ2) is 2.81. The van der Waals surface area contributed by atoms with Gasteiger partial charge in [-0.3, -0.25) is 4.79 Å².